The van der Waals surface area contributed by atoms with Gasteiger partial charge in [-0.3, -0.25) is 4.79 Å². The van der Waals surface area contributed by atoms with Gasteiger partial charge in [-0.05, 0) is 13.8 Å². The first-order chi connectivity index (χ1) is 6.06. The predicted molar refractivity (Wildman–Crippen MR) is 46.3 cm³/mol. The van der Waals surface area contributed by atoms with Crippen LogP contribution in [0.4, 0.5) is 4.79 Å². The van der Waals surface area contributed by atoms with Crippen molar-refractivity contribution >= 4 is 12.1 Å². The lowest BCUT2D eigenvalue weighted by atomic mass is 10.4. The molecular weight excluding hydrogens is 174 g/mol. The quantitative estimate of drug-likeness (QED) is 0.660. The minimum atomic E-state index is -0.498. The lowest BCUT2D eigenvalue weighted by Crippen LogP contribution is -2.36. The van der Waals surface area contributed by atoms with Crippen LogP contribution in [0.2, 0.25) is 0 Å². The van der Waals surface area contributed by atoms with Crippen LogP contribution >= 0.6 is 0 Å². The second-order valence-corrected chi connectivity index (χ2v) is 2.57. The van der Waals surface area contributed by atoms with Gasteiger partial charge in [-0.25, -0.2) is 4.79 Å². The van der Waals surface area contributed by atoms with Gasteiger partial charge in [-0.2, -0.15) is 0 Å². The van der Waals surface area contributed by atoms with Crippen LogP contribution in [0, 0.1) is 0 Å². The molecule has 0 aromatic heterocycles. The number of nitrogens with one attached hydrogen (secondary N) is 1. The second kappa shape index (κ2) is 6.28. The molecule has 0 aromatic carbocycles. The first kappa shape index (κ1) is 11.7. The highest BCUT2D eigenvalue weighted by molar-refractivity contribution is 5.68. The number of rotatable bonds is 4. The average Bonchev–Trinajstić information content (AvgIpc) is 2.01. The third-order valence-electron chi connectivity index (χ3n) is 1.18. The molecule has 5 heteroatoms. The van der Waals surface area contributed by atoms with E-state index in [1.165, 1.54) is 6.92 Å². The number of amides is 1. The minimum absolute atomic E-state index is 0.161. The fourth-order valence-corrected chi connectivity index (χ4v) is 0.658. The molecule has 0 radical (unpaired) electrons. The first-order valence-electron chi connectivity index (χ1n) is 4.13. The Bertz CT molecular complexity index is 181. The van der Waals surface area contributed by atoms with Gasteiger partial charge in [0.25, 0.3) is 0 Å². The number of hydrogen-bond acceptors (Lipinski definition) is 4. The molecular formula is C8H15NO4. The summed E-state index contributed by atoms with van der Waals surface area (Å²) in [5.74, 6) is -0.363. The Balaban J connectivity index is 3.55. The molecule has 0 fully saturated rings. The predicted octanol–water partition coefficient (Wildman–Crippen LogP) is 0.684. The highest BCUT2D eigenvalue weighted by Crippen LogP contribution is 1.87. The van der Waals surface area contributed by atoms with Gasteiger partial charge < -0.3 is 14.8 Å². The Hall–Kier alpha value is -1.26. The Kier molecular flexibility index (Phi) is 5.67. The zero-order valence-electron chi connectivity index (χ0n) is 8.12. The maximum Gasteiger partial charge on any atom is 0.407 e. The van der Waals surface area contributed by atoms with Crippen molar-refractivity contribution in [3.8, 4) is 0 Å². The maximum absolute atomic E-state index is 10.8. The molecule has 5 nitrogen and oxygen atoms in total. The topological polar surface area (TPSA) is 64.6 Å². The Morgan fingerprint density at radius 1 is 1.38 bits per heavy atom. The van der Waals surface area contributed by atoms with Gasteiger partial charge in [-0.1, -0.05) is 0 Å². The average molecular weight is 189 g/mol. The molecule has 0 saturated heterocycles. The van der Waals surface area contributed by atoms with Gasteiger partial charge in [0.05, 0.1) is 12.6 Å². The van der Waals surface area contributed by atoms with Crippen molar-refractivity contribution in [2.75, 3.05) is 13.2 Å². The molecule has 0 aliphatic carbocycles. The van der Waals surface area contributed by atoms with Gasteiger partial charge in [0, 0.05) is 6.92 Å². The smallest absolute Gasteiger partial charge is 0.407 e. The summed E-state index contributed by atoms with van der Waals surface area (Å²) in [7, 11) is 0. The van der Waals surface area contributed by atoms with Crippen LogP contribution in [0.1, 0.15) is 20.8 Å². The largest absolute Gasteiger partial charge is 0.464 e. The van der Waals surface area contributed by atoms with Crippen LogP contribution in [0.15, 0.2) is 0 Å². The minimum Gasteiger partial charge on any atom is -0.464 e. The van der Waals surface area contributed by atoms with E-state index < -0.39 is 6.09 Å². The van der Waals surface area contributed by atoms with Crippen molar-refractivity contribution in [1.29, 1.82) is 0 Å². The van der Waals surface area contributed by atoms with Crippen molar-refractivity contribution in [2.45, 2.75) is 26.8 Å². The fraction of sp³-hybridized carbons (Fsp3) is 0.750. The number of alkyl carbamates (subject to hydrolysis) is 1. The molecule has 0 aliphatic heterocycles. The number of carbonyl (C=O) groups is 2. The third-order valence-corrected chi connectivity index (χ3v) is 1.18. The van der Waals surface area contributed by atoms with E-state index in [1.807, 2.05) is 0 Å². The Morgan fingerprint density at radius 2 is 2.00 bits per heavy atom. The van der Waals surface area contributed by atoms with E-state index in [2.05, 4.69) is 14.8 Å². The summed E-state index contributed by atoms with van der Waals surface area (Å²) in [4.78, 5) is 21.2. The van der Waals surface area contributed by atoms with E-state index in [9.17, 15) is 9.59 Å². The SMILES string of the molecule is CCOC(=O)N[C@@H](C)COC(C)=O. The molecule has 0 aliphatic rings. The van der Waals surface area contributed by atoms with Gasteiger partial charge in [-0.15, -0.1) is 0 Å². The Labute approximate surface area is 77.4 Å². The molecule has 1 atom stereocenters. The van der Waals surface area contributed by atoms with Crippen LogP contribution in [0.3, 0.4) is 0 Å². The number of ether oxygens (including phenoxy) is 2. The summed E-state index contributed by atoms with van der Waals surface area (Å²) in [5, 5.41) is 2.50. The lowest BCUT2D eigenvalue weighted by molar-refractivity contribution is -0.141. The molecule has 1 N–H and O–H groups in total. The monoisotopic (exact) mass is 189 g/mol. The zero-order chi connectivity index (χ0) is 10.3. The molecule has 0 bridgehead atoms. The normalized spacial score (nSPS) is 11.6. The van der Waals surface area contributed by atoms with Crippen LogP contribution in [0.5, 0.6) is 0 Å². The zero-order valence-corrected chi connectivity index (χ0v) is 8.12. The summed E-state index contributed by atoms with van der Waals surface area (Å²) in [5.41, 5.74) is 0. The van der Waals surface area contributed by atoms with Crippen LogP contribution in [-0.2, 0) is 14.3 Å². The van der Waals surface area contributed by atoms with Crippen LogP contribution < -0.4 is 5.32 Å². The van der Waals surface area contributed by atoms with Crippen molar-refractivity contribution < 1.29 is 19.1 Å². The van der Waals surface area contributed by atoms with E-state index in [4.69, 9.17) is 0 Å². The van der Waals surface area contributed by atoms with Crippen molar-refractivity contribution in [3.63, 3.8) is 0 Å². The molecule has 0 spiro atoms. The standard InChI is InChI=1S/C8H15NO4/c1-4-12-8(11)9-6(2)5-13-7(3)10/h6H,4-5H2,1-3H3,(H,9,11)/t6-/m0/s1. The molecule has 0 saturated carbocycles. The number of carbonyl (C=O) groups excluding carboxylic acids is 2. The van der Waals surface area contributed by atoms with Gasteiger partial charge >= 0.3 is 12.1 Å². The lowest BCUT2D eigenvalue weighted by Gasteiger charge is -2.12. The van der Waals surface area contributed by atoms with E-state index in [0.29, 0.717) is 6.61 Å². The van der Waals surface area contributed by atoms with Crippen LogP contribution in [0.25, 0.3) is 0 Å². The summed E-state index contributed by atoms with van der Waals surface area (Å²) in [6.07, 6.45) is -0.498. The van der Waals surface area contributed by atoms with Gasteiger partial charge in [0.15, 0.2) is 0 Å². The molecule has 76 valence electrons. The summed E-state index contributed by atoms with van der Waals surface area (Å²) in [6, 6.07) is -0.233. The van der Waals surface area contributed by atoms with Crippen molar-refractivity contribution in [3.05, 3.63) is 0 Å². The number of esters is 1. The molecule has 1 amide bonds. The first-order valence-corrected chi connectivity index (χ1v) is 4.13. The highest BCUT2D eigenvalue weighted by Gasteiger charge is 2.08. The molecule has 0 rings (SSSR count). The maximum atomic E-state index is 10.8. The summed E-state index contributed by atoms with van der Waals surface area (Å²) >= 11 is 0. The molecule has 13 heavy (non-hydrogen) atoms. The van der Waals surface area contributed by atoms with E-state index in [0.717, 1.165) is 0 Å². The van der Waals surface area contributed by atoms with Gasteiger partial charge in [0.2, 0.25) is 0 Å². The van der Waals surface area contributed by atoms with E-state index in [-0.39, 0.29) is 18.6 Å². The summed E-state index contributed by atoms with van der Waals surface area (Å²) in [6.45, 7) is 5.24. The van der Waals surface area contributed by atoms with Crippen LogP contribution in [-0.4, -0.2) is 31.3 Å². The van der Waals surface area contributed by atoms with E-state index >= 15 is 0 Å². The van der Waals surface area contributed by atoms with E-state index in [1.54, 1.807) is 13.8 Å². The van der Waals surface area contributed by atoms with Crippen molar-refractivity contribution in [2.24, 2.45) is 0 Å². The molecule has 0 aromatic rings. The molecule has 0 unspecified atom stereocenters. The second-order valence-electron chi connectivity index (χ2n) is 2.57. The Morgan fingerprint density at radius 3 is 2.46 bits per heavy atom. The fourth-order valence-electron chi connectivity index (χ4n) is 0.658. The third kappa shape index (κ3) is 7.11. The van der Waals surface area contributed by atoms with Crippen molar-refractivity contribution in [1.82, 2.24) is 5.32 Å². The van der Waals surface area contributed by atoms with Gasteiger partial charge in [0.1, 0.15) is 6.61 Å². The molecule has 0 heterocycles. The highest BCUT2D eigenvalue weighted by atomic mass is 16.6. The summed E-state index contributed by atoms with van der Waals surface area (Å²) < 4.78 is 9.30. The number of hydrogen-bond donors (Lipinski definition) is 1.